The van der Waals surface area contributed by atoms with E-state index in [1.54, 1.807) is 11.4 Å². The Morgan fingerprint density at radius 3 is 2.22 bits per heavy atom. The van der Waals surface area contributed by atoms with Gasteiger partial charge in [-0.1, -0.05) is 6.92 Å². The number of amides is 1. The van der Waals surface area contributed by atoms with Gasteiger partial charge in [-0.05, 0) is 6.42 Å². The molecule has 0 aliphatic heterocycles. The lowest BCUT2D eigenvalue weighted by molar-refractivity contribution is -0.118. The summed E-state index contributed by atoms with van der Waals surface area (Å²) in [7, 11) is 0. The summed E-state index contributed by atoms with van der Waals surface area (Å²) in [5.74, 6) is -8.87. The van der Waals surface area contributed by atoms with Crippen LogP contribution in [0.5, 0.6) is 0 Å². The Bertz CT molecular complexity index is 499. The Kier molecular flexibility index (Phi) is 4.26. The quantitative estimate of drug-likeness (QED) is 0.671. The van der Waals surface area contributed by atoms with Gasteiger partial charge in [0.15, 0.2) is 23.3 Å². The van der Waals surface area contributed by atoms with Crippen molar-refractivity contribution in [3.63, 3.8) is 0 Å². The van der Waals surface area contributed by atoms with Gasteiger partial charge in [-0.25, -0.2) is 17.6 Å². The summed E-state index contributed by atoms with van der Waals surface area (Å²) in [4.78, 5) is 11.4. The third-order valence-corrected chi connectivity index (χ3v) is 2.24. The standard InChI is InChI=1S/C11H8F4N2O/c1-2-5(4-16)11(18)17-10-8(14)6(12)3-7(13)9(10)15/h3,5H,2H2,1H3,(H,17,18). The highest BCUT2D eigenvalue weighted by Crippen LogP contribution is 2.24. The normalized spacial score (nSPS) is 11.8. The van der Waals surface area contributed by atoms with Crippen LogP contribution in [0.3, 0.4) is 0 Å². The molecule has 1 rings (SSSR count). The van der Waals surface area contributed by atoms with Gasteiger partial charge in [0.2, 0.25) is 5.91 Å². The van der Waals surface area contributed by atoms with Crippen LogP contribution in [0.15, 0.2) is 6.07 Å². The minimum atomic E-state index is -1.71. The minimum absolute atomic E-state index is 0.0297. The molecule has 0 bridgehead atoms. The first-order valence-corrected chi connectivity index (χ1v) is 4.95. The molecule has 0 saturated carbocycles. The van der Waals surface area contributed by atoms with Crippen molar-refractivity contribution in [2.24, 2.45) is 5.92 Å². The molecule has 0 saturated heterocycles. The molecule has 7 heteroatoms. The summed E-state index contributed by atoms with van der Waals surface area (Å²) in [6, 6.07) is 1.63. The van der Waals surface area contributed by atoms with Crippen LogP contribution in [-0.4, -0.2) is 5.91 Å². The van der Waals surface area contributed by atoms with Crippen LogP contribution >= 0.6 is 0 Å². The highest BCUT2D eigenvalue weighted by atomic mass is 19.2. The lowest BCUT2D eigenvalue weighted by Crippen LogP contribution is -2.23. The second kappa shape index (κ2) is 5.49. The zero-order valence-corrected chi connectivity index (χ0v) is 9.23. The van der Waals surface area contributed by atoms with Gasteiger partial charge in [0.05, 0.1) is 6.07 Å². The number of anilines is 1. The number of nitriles is 1. The first-order chi connectivity index (χ1) is 8.42. The van der Waals surface area contributed by atoms with Crippen molar-refractivity contribution in [1.29, 1.82) is 5.26 Å². The number of rotatable bonds is 3. The summed E-state index contributed by atoms with van der Waals surface area (Å²) in [5, 5.41) is 10.2. The molecule has 1 atom stereocenters. The molecule has 0 heterocycles. The van der Waals surface area contributed by atoms with Crippen molar-refractivity contribution in [3.05, 3.63) is 29.3 Å². The number of hydrogen-bond donors (Lipinski definition) is 1. The van der Waals surface area contributed by atoms with Crippen molar-refractivity contribution in [3.8, 4) is 6.07 Å². The van der Waals surface area contributed by atoms with E-state index in [1.165, 1.54) is 6.92 Å². The predicted molar refractivity (Wildman–Crippen MR) is 54.3 cm³/mol. The Labute approximate surface area is 100 Å². The molecule has 0 aliphatic carbocycles. The van der Waals surface area contributed by atoms with Crippen LogP contribution < -0.4 is 5.32 Å². The first kappa shape index (κ1) is 14.0. The summed E-state index contributed by atoms with van der Waals surface area (Å²) in [6.45, 7) is 1.51. The number of nitrogens with zero attached hydrogens (tertiary/aromatic N) is 1. The zero-order chi connectivity index (χ0) is 13.9. The maximum absolute atomic E-state index is 13.2. The number of nitrogens with one attached hydrogen (secondary N) is 1. The lowest BCUT2D eigenvalue weighted by atomic mass is 10.1. The van der Waals surface area contributed by atoms with Crippen LogP contribution in [0.4, 0.5) is 23.2 Å². The largest absolute Gasteiger partial charge is 0.320 e. The molecular formula is C11H8F4N2O. The number of hydrogen-bond acceptors (Lipinski definition) is 2. The Balaban J connectivity index is 3.13. The number of carbonyl (C=O) groups is 1. The van der Waals surface area contributed by atoms with Gasteiger partial charge in [0.25, 0.3) is 0 Å². The Hall–Kier alpha value is -2.10. The monoisotopic (exact) mass is 260 g/mol. The highest BCUT2D eigenvalue weighted by molar-refractivity contribution is 5.94. The van der Waals surface area contributed by atoms with Gasteiger partial charge in [-0.2, -0.15) is 5.26 Å². The maximum Gasteiger partial charge on any atom is 0.241 e. The second-order valence-corrected chi connectivity index (χ2v) is 3.42. The first-order valence-electron chi connectivity index (χ1n) is 4.95. The van der Waals surface area contributed by atoms with Crippen LogP contribution in [0.25, 0.3) is 0 Å². The Morgan fingerprint density at radius 2 is 1.83 bits per heavy atom. The fourth-order valence-electron chi connectivity index (χ4n) is 1.23. The fourth-order valence-corrected chi connectivity index (χ4v) is 1.23. The van der Waals surface area contributed by atoms with Crippen LogP contribution in [0.2, 0.25) is 0 Å². The highest BCUT2D eigenvalue weighted by Gasteiger charge is 2.23. The molecule has 96 valence electrons. The van der Waals surface area contributed by atoms with Gasteiger partial charge in [0, 0.05) is 6.07 Å². The van der Waals surface area contributed by atoms with E-state index >= 15 is 0 Å². The predicted octanol–water partition coefficient (Wildman–Crippen LogP) is 2.73. The van der Waals surface area contributed by atoms with E-state index < -0.39 is 40.8 Å². The van der Waals surface area contributed by atoms with Crippen molar-refractivity contribution < 1.29 is 22.4 Å². The second-order valence-electron chi connectivity index (χ2n) is 3.42. The molecule has 1 aromatic carbocycles. The molecule has 0 aliphatic rings. The molecule has 3 nitrogen and oxygen atoms in total. The average Bonchev–Trinajstić information content (AvgIpc) is 2.33. The lowest BCUT2D eigenvalue weighted by Gasteiger charge is -2.10. The topological polar surface area (TPSA) is 52.9 Å². The van der Waals surface area contributed by atoms with Crippen LogP contribution in [0, 0.1) is 40.5 Å². The van der Waals surface area contributed by atoms with Gasteiger partial charge in [0.1, 0.15) is 11.6 Å². The molecule has 18 heavy (non-hydrogen) atoms. The van der Waals surface area contributed by atoms with E-state index in [-0.39, 0.29) is 12.5 Å². The van der Waals surface area contributed by atoms with Gasteiger partial charge < -0.3 is 5.32 Å². The maximum atomic E-state index is 13.2. The van der Waals surface area contributed by atoms with Crippen LogP contribution in [-0.2, 0) is 4.79 Å². The van der Waals surface area contributed by atoms with E-state index in [2.05, 4.69) is 0 Å². The van der Waals surface area contributed by atoms with E-state index in [0.717, 1.165) is 0 Å². The molecule has 0 spiro atoms. The van der Waals surface area contributed by atoms with Crippen LogP contribution in [0.1, 0.15) is 13.3 Å². The average molecular weight is 260 g/mol. The summed E-state index contributed by atoms with van der Waals surface area (Å²) in [6.07, 6.45) is 0.101. The molecule has 0 radical (unpaired) electrons. The number of benzene rings is 1. The van der Waals surface area contributed by atoms with E-state index in [9.17, 15) is 22.4 Å². The van der Waals surface area contributed by atoms with Crippen molar-refractivity contribution in [2.45, 2.75) is 13.3 Å². The van der Waals surface area contributed by atoms with Crippen molar-refractivity contribution in [2.75, 3.05) is 5.32 Å². The van der Waals surface area contributed by atoms with Gasteiger partial charge in [-0.15, -0.1) is 0 Å². The fraction of sp³-hybridized carbons (Fsp3) is 0.273. The van der Waals surface area contributed by atoms with Gasteiger partial charge in [-0.3, -0.25) is 4.79 Å². The van der Waals surface area contributed by atoms with Gasteiger partial charge >= 0.3 is 0 Å². The molecule has 1 unspecified atom stereocenters. The SMILES string of the molecule is CCC(C#N)C(=O)Nc1c(F)c(F)cc(F)c1F. The molecule has 1 aromatic rings. The third kappa shape index (κ3) is 2.59. The number of halogens is 4. The number of carbonyl (C=O) groups excluding carboxylic acids is 1. The summed E-state index contributed by atoms with van der Waals surface area (Å²) < 4.78 is 52.1. The van der Waals surface area contributed by atoms with E-state index in [4.69, 9.17) is 5.26 Å². The summed E-state index contributed by atoms with van der Waals surface area (Å²) >= 11 is 0. The molecule has 0 aromatic heterocycles. The zero-order valence-electron chi connectivity index (χ0n) is 9.23. The van der Waals surface area contributed by atoms with E-state index in [0.29, 0.717) is 0 Å². The molecule has 1 N–H and O–H groups in total. The molecular weight excluding hydrogens is 252 g/mol. The molecule has 1 amide bonds. The smallest absolute Gasteiger partial charge is 0.241 e. The summed E-state index contributed by atoms with van der Waals surface area (Å²) in [5.41, 5.74) is -1.23. The Morgan fingerprint density at radius 1 is 1.33 bits per heavy atom. The molecule has 0 fully saturated rings. The van der Waals surface area contributed by atoms with E-state index in [1.807, 2.05) is 0 Å². The van der Waals surface area contributed by atoms with Crippen molar-refractivity contribution in [1.82, 2.24) is 0 Å². The minimum Gasteiger partial charge on any atom is -0.320 e. The van der Waals surface area contributed by atoms with Crippen molar-refractivity contribution >= 4 is 11.6 Å². The third-order valence-electron chi connectivity index (χ3n) is 2.24.